The number of carbonyl (C=O) groups excluding carboxylic acids is 3. The number of aromatic nitrogens is 2. The van der Waals surface area contributed by atoms with Crippen LogP contribution in [0.4, 0.5) is 5.95 Å². The highest BCUT2D eigenvalue weighted by atomic mass is 32.2. The minimum absolute atomic E-state index is 0.0645. The number of ether oxygens (including phenoxy) is 1. The summed E-state index contributed by atoms with van der Waals surface area (Å²) in [6, 6.07) is 0. The fourth-order valence-electron chi connectivity index (χ4n) is 2.07. The van der Waals surface area contributed by atoms with Crippen LogP contribution in [-0.2, 0) is 14.3 Å². The Balaban J connectivity index is 2.18. The largest absolute Gasteiger partial charge is 0.462 e. The lowest BCUT2D eigenvalue weighted by Gasteiger charge is -2.14. The number of esters is 1. The Kier molecular flexibility index (Phi) is 4.96. The second-order valence-electron chi connectivity index (χ2n) is 4.61. The predicted molar refractivity (Wildman–Crippen MR) is 79.8 cm³/mol. The van der Waals surface area contributed by atoms with Gasteiger partial charge in [0.2, 0.25) is 11.9 Å². The standard InChI is InChI=1S/C13H15N3O5S/c1-3-21-12(20)9-5-14-13(15-11(9)19)16-6-8(4-10(16)18)22-7(2)17/h5,8H,3-4,6H2,1-2H3,(H,14,15,19). The van der Waals surface area contributed by atoms with Gasteiger partial charge in [0, 0.05) is 25.1 Å². The molecule has 1 atom stereocenters. The molecule has 118 valence electrons. The molecule has 1 N–H and O–H groups in total. The maximum absolute atomic E-state index is 11.9. The summed E-state index contributed by atoms with van der Waals surface area (Å²) in [6.07, 6.45) is 1.29. The molecule has 1 saturated heterocycles. The first-order valence-corrected chi connectivity index (χ1v) is 7.54. The number of nitrogens with zero attached hydrogens (tertiary/aromatic N) is 2. The number of hydrogen-bond donors (Lipinski definition) is 1. The van der Waals surface area contributed by atoms with E-state index >= 15 is 0 Å². The highest BCUT2D eigenvalue weighted by molar-refractivity contribution is 8.14. The van der Waals surface area contributed by atoms with Crippen molar-refractivity contribution in [1.82, 2.24) is 9.97 Å². The molecule has 0 bridgehead atoms. The first-order chi connectivity index (χ1) is 10.4. The molecule has 0 aromatic carbocycles. The van der Waals surface area contributed by atoms with Gasteiger partial charge in [-0.05, 0) is 6.92 Å². The average molecular weight is 325 g/mol. The molecule has 1 aliphatic heterocycles. The number of anilines is 1. The molecule has 1 aromatic rings. The van der Waals surface area contributed by atoms with Crippen molar-refractivity contribution in [3.05, 3.63) is 22.1 Å². The van der Waals surface area contributed by atoms with E-state index in [0.29, 0.717) is 0 Å². The Bertz CT molecular complexity index is 672. The molecule has 0 radical (unpaired) electrons. The van der Waals surface area contributed by atoms with E-state index in [0.717, 1.165) is 18.0 Å². The number of carbonyl (C=O) groups is 3. The molecule has 0 saturated carbocycles. The van der Waals surface area contributed by atoms with Crippen LogP contribution in [0.1, 0.15) is 30.6 Å². The van der Waals surface area contributed by atoms with E-state index in [1.54, 1.807) is 6.92 Å². The molecule has 1 aliphatic rings. The van der Waals surface area contributed by atoms with E-state index in [2.05, 4.69) is 9.97 Å². The molecule has 1 unspecified atom stereocenters. The van der Waals surface area contributed by atoms with Crippen molar-refractivity contribution in [3.63, 3.8) is 0 Å². The zero-order valence-corrected chi connectivity index (χ0v) is 12.9. The van der Waals surface area contributed by atoms with E-state index in [-0.39, 0.29) is 47.4 Å². The summed E-state index contributed by atoms with van der Waals surface area (Å²) in [7, 11) is 0. The van der Waals surface area contributed by atoms with Gasteiger partial charge in [-0.15, -0.1) is 0 Å². The Morgan fingerprint density at radius 2 is 2.23 bits per heavy atom. The predicted octanol–water partition coefficient (Wildman–Crippen LogP) is 0.332. The summed E-state index contributed by atoms with van der Waals surface area (Å²) in [5.41, 5.74) is -0.883. The molecule has 9 heteroatoms. The number of H-pyrrole nitrogens is 1. The van der Waals surface area contributed by atoms with Crippen LogP contribution in [0.5, 0.6) is 0 Å². The SMILES string of the molecule is CCOC(=O)c1cnc(N2CC(SC(C)=O)CC2=O)[nH]c1=O. The molecular weight excluding hydrogens is 310 g/mol. The van der Waals surface area contributed by atoms with Crippen molar-refractivity contribution in [2.45, 2.75) is 25.5 Å². The highest BCUT2D eigenvalue weighted by Gasteiger charge is 2.33. The zero-order chi connectivity index (χ0) is 16.3. The van der Waals surface area contributed by atoms with Gasteiger partial charge < -0.3 is 4.74 Å². The van der Waals surface area contributed by atoms with Gasteiger partial charge in [0.15, 0.2) is 5.12 Å². The van der Waals surface area contributed by atoms with Gasteiger partial charge in [-0.2, -0.15) is 0 Å². The second-order valence-corrected chi connectivity index (χ2v) is 6.09. The molecular formula is C13H15N3O5S. The molecule has 1 fully saturated rings. The van der Waals surface area contributed by atoms with E-state index in [9.17, 15) is 19.2 Å². The van der Waals surface area contributed by atoms with Gasteiger partial charge in [0.25, 0.3) is 5.56 Å². The van der Waals surface area contributed by atoms with Gasteiger partial charge in [0.05, 0.1) is 12.8 Å². The van der Waals surface area contributed by atoms with E-state index in [4.69, 9.17) is 4.74 Å². The van der Waals surface area contributed by atoms with Gasteiger partial charge in [-0.1, -0.05) is 11.8 Å². The van der Waals surface area contributed by atoms with Gasteiger partial charge in [0.1, 0.15) is 5.56 Å². The van der Waals surface area contributed by atoms with Crippen LogP contribution in [0.3, 0.4) is 0 Å². The summed E-state index contributed by atoms with van der Waals surface area (Å²) in [4.78, 5) is 54.1. The Labute approximate surface area is 130 Å². The number of hydrogen-bond acceptors (Lipinski definition) is 7. The number of aromatic amines is 1. The summed E-state index contributed by atoms with van der Waals surface area (Å²) in [5.74, 6) is -0.930. The van der Waals surface area contributed by atoms with E-state index in [1.165, 1.54) is 11.8 Å². The lowest BCUT2D eigenvalue weighted by molar-refractivity contribution is -0.117. The normalized spacial score (nSPS) is 17.6. The minimum atomic E-state index is -0.763. The van der Waals surface area contributed by atoms with Crippen molar-refractivity contribution >= 4 is 34.7 Å². The van der Waals surface area contributed by atoms with Gasteiger partial charge >= 0.3 is 5.97 Å². The molecule has 0 spiro atoms. The van der Waals surface area contributed by atoms with Crippen LogP contribution in [0, 0.1) is 0 Å². The number of amides is 1. The Morgan fingerprint density at radius 3 is 2.82 bits per heavy atom. The van der Waals surface area contributed by atoms with Crippen LogP contribution in [-0.4, -0.2) is 45.4 Å². The summed E-state index contributed by atoms with van der Waals surface area (Å²) >= 11 is 1.09. The lowest BCUT2D eigenvalue weighted by atomic mass is 10.3. The average Bonchev–Trinajstić information content (AvgIpc) is 2.78. The first-order valence-electron chi connectivity index (χ1n) is 6.66. The quantitative estimate of drug-likeness (QED) is 0.794. The van der Waals surface area contributed by atoms with E-state index in [1.807, 2.05) is 0 Å². The maximum Gasteiger partial charge on any atom is 0.345 e. The first kappa shape index (κ1) is 16.2. The lowest BCUT2D eigenvalue weighted by Crippen LogP contribution is -2.30. The molecule has 1 aromatic heterocycles. The van der Waals surface area contributed by atoms with Crippen molar-refractivity contribution < 1.29 is 19.1 Å². The molecule has 2 rings (SSSR count). The highest BCUT2D eigenvalue weighted by Crippen LogP contribution is 2.26. The molecule has 1 amide bonds. The van der Waals surface area contributed by atoms with Crippen LogP contribution in [0.15, 0.2) is 11.0 Å². The zero-order valence-electron chi connectivity index (χ0n) is 12.1. The summed E-state index contributed by atoms with van der Waals surface area (Å²) in [6.45, 7) is 3.50. The molecule has 8 nitrogen and oxygen atoms in total. The monoisotopic (exact) mass is 325 g/mol. The second kappa shape index (κ2) is 6.73. The Hall–Kier alpha value is -2.16. The van der Waals surface area contributed by atoms with Crippen molar-refractivity contribution in [2.24, 2.45) is 0 Å². The van der Waals surface area contributed by atoms with Crippen LogP contribution in [0.25, 0.3) is 0 Å². The number of nitrogens with one attached hydrogen (secondary N) is 1. The van der Waals surface area contributed by atoms with Crippen LogP contribution < -0.4 is 10.5 Å². The third-order valence-corrected chi connectivity index (χ3v) is 3.94. The van der Waals surface area contributed by atoms with Gasteiger partial charge in [-0.25, -0.2) is 9.78 Å². The van der Waals surface area contributed by atoms with Crippen molar-refractivity contribution in [3.8, 4) is 0 Å². The molecule has 22 heavy (non-hydrogen) atoms. The molecule has 2 heterocycles. The third kappa shape index (κ3) is 3.53. The topological polar surface area (TPSA) is 109 Å². The Morgan fingerprint density at radius 1 is 1.50 bits per heavy atom. The molecule has 0 aliphatic carbocycles. The van der Waals surface area contributed by atoms with Crippen LogP contribution >= 0.6 is 11.8 Å². The number of rotatable bonds is 4. The third-order valence-electron chi connectivity index (χ3n) is 2.96. The summed E-state index contributed by atoms with van der Waals surface area (Å²) in [5, 5.41) is -0.237. The van der Waals surface area contributed by atoms with E-state index < -0.39 is 11.5 Å². The number of thioether (sulfide) groups is 1. The summed E-state index contributed by atoms with van der Waals surface area (Å²) < 4.78 is 4.74. The van der Waals surface area contributed by atoms with Crippen molar-refractivity contribution in [1.29, 1.82) is 0 Å². The van der Waals surface area contributed by atoms with Gasteiger partial charge in [-0.3, -0.25) is 24.3 Å². The van der Waals surface area contributed by atoms with Crippen molar-refractivity contribution in [2.75, 3.05) is 18.1 Å². The smallest absolute Gasteiger partial charge is 0.345 e. The minimum Gasteiger partial charge on any atom is -0.462 e. The maximum atomic E-state index is 11.9. The van der Waals surface area contributed by atoms with Crippen LogP contribution in [0.2, 0.25) is 0 Å². The fraction of sp³-hybridized carbons (Fsp3) is 0.462. The fourth-order valence-corrected chi connectivity index (χ4v) is 2.99.